The van der Waals surface area contributed by atoms with Gasteiger partial charge < -0.3 is 5.32 Å². The number of benzene rings is 1. The molecule has 6 heteroatoms. The summed E-state index contributed by atoms with van der Waals surface area (Å²) in [4.78, 5) is 25.0. The summed E-state index contributed by atoms with van der Waals surface area (Å²) in [7, 11) is 0. The van der Waals surface area contributed by atoms with Crippen molar-refractivity contribution in [3.63, 3.8) is 0 Å². The fourth-order valence-electron chi connectivity index (χ4n) is 2.49. The summed E-state index contributed by atoms with van der Waals surface area (Å²) >= 11 is 1.57. The van der Waals surface area contributed by atoms with Gasteiger partial charge in [0, 0.05) is 52.5 Å². The number of carbonyl (C=O) groups excluding carboxylic acids is 1. The zero-order valence-electron chi connectivity index (χ0n) is 13.7. The molecule has 0 aliphatic carbocycles. The molecular formula is C20H14N4OS. The molecule has 126 valence electrons. The molecule has 0 fully saturated rings. The van der Waals surface area contributed by atoms with Crippen molar-refractivity contribution in [2.75, 3.05) is 5.32 Å². The zero-order chi connectivity index (χ0) is 17.8. The van der Waals surface area contributed by atoms with Gasteiger partial charge in [0.05, 0.1) is 5.69 Å². The van der Waals surface area contributed by atoms with Crippen molar-refractivity contribution in [2.45, 2.75) is 0 Å². The molecule has 3 aromatic heterocycles. The molecular weight excluding hydrogens is 344 g/mol. The largest absolute Gasteiger partial charge is 0.322 e. The average molecular weight is 358 g/mol. The van der Waals surface area contributed by atoms with Crippen LogP contribution in [0.25, 0.3) is 21.8 Å². The molecule has 5 nitrogen and oxygen atoms in total. The number of amides is 1. The van der Waals surface area contributed by atoms with Gasteiger partial charge in [-0.05, 0) is 36.4 Å². The first-order valence-electron chi connectivity index (χ1n) is 7.97. The molecule has 26 heavy (non-hydrogen) atoms. The van der Waals surface area contributed by atoms with Crippen LogP contribution < -0.4 is 5.32 Å². The van der Waals surface area contributed by atoms with Gasteiger partial charge in [0.1, 0.15) is 5.01 Å². The third-order valence-electron chi connectivity index (χ3n) is 3.77. The first kappa shape index (κ1) is 16.1. The van der Waals surface area contributed by atoms with Crippen LogP contribution in [0.2, 0.25) is 0 Å². The number of hydrogen-bond donors (Lipinski definition) is 1. The Bertz CT molecular complexity index is 1030. The molecule has 1 N–H and O–H groups in total. The zero-order valence-corrected chi connectivity index (χ0v) is 14.5. The van der Waals surface area contributed by atoms with Crippen molar-refractivity contribution in [3.8, 4) is 21.8 Å². The van der Waals surface area contributed by atoms with E-state index in [-0.39, 0.29) is 5.91 Å². The van der Waals surface area contributed by atoms with Gasteiger partial charge in [-0.2, -0.15) is 0 Å². The van der Waals surface area contributed by atoms with Crippen LogP contribution in [0.1, 0.15) is 10.4 Å². The van der Waals surface area contributed by atoms with E-state index in [0.29, 0.717) is 5.56 Å². The second-order valence-corrected chi connectivity index (χ2v) is 6.41. The Morgan fingerprint density at radius 2 is 1.77 bits per heavy atom. The SMILES string of the molecule is O=C(Nc1cccc(-c2csc(-c3cccnc3)n2)c1)c1ccncc1. The van der Waals surface area contributed by atoms with E-state index in [2.05, 4.69) is 20.3 Å². The molecule has 0 spiro atoms. The van der Waals surface area contributed by atoms with Crippen molar-refractivity contribution < 1.29 is 4.79 Å². The molecule has 0 aliphatic heterocycles. The summed E-state index contributed by atoms with van der Waals surface area (Å²) in [6.07, 6.45) is 6.74. The van der Waals surface area contributed by atoms with Gasteiger partial charge >= 0.3 is 0 Å². The number of rotatable bonds is 4. The minimum absolute atomic E-state index is 0.168. The normalized spacial score (nSPS) is 10.5. The highest BCUT2D eigenvalue weighted by Crippen LogP contribution is 2.29. The number of pyridine rings is 2. The molecule has 0 saturated heterocycles. The second kappa shape index (κ2) is 7.25. The summed E-state index contributed by atoms with van der Waals surface area (Å²) < 4.78 is 0. The van der Waals surface area contributed by atoms with Gasteiger partial charge in [-0.1, -0.05) is 12.1 Å². The predicted octanol–water partition coefficient (Wildman–Crippen LogP) is 4.52. The Labute approximate surface area is 154 Å². The molecule has 0 aliphatic rings. The maximum absolute atomic E-state index is 12.3. The number of aromatic nitrogens is 3. The molecule has 4 aromatic rings. The predicted molar refractivity (Wildman–Crippen MR) is 103 cm³/mol. The highest BCUT2D eigenvalue weighted by atomic mass is 32.1. The third-order valence-corrected chi connectivity index (χ3v) is 4.66. The Morgan fingerprint density at radius 3 is 2.58 bits per heavy atom. The summed E-state index contributed by atoms with van der Waals surface area (Å²) in [5.41, 5.74) is 4.10. The smallest absolute Gasteiger partial charge is 0.255 e. The van der Waals surface area contributed by atoms with Crippen LogP contribution in [0.3, 0.4) is 0 Å². The van der Waals surface area contributed by atoms with Gasteiger partial charge in [0.25, 0.3) is 5.91 Å². The van der Waals surface area contributed by atoms with Crippen molar-refractivity contribution in [3.05, 3.63) is 84.3 Å². The Morgan fingerprint density at radius 1 is 0.923 bits per heavy atom. The maximum Gasteiger partial charge on any atom is 0.255 e. The minimum atomic E-state index is -0.168. The Hall–Kier alpha value is -3.38. The summed E-state index contributed by atoms with van der Waals surface area (Å²) in [6, 6.07) is 14.9. The van der Waals surface area contributed by atoms with Crippen molar-refractivity contribution >= 4 is 22.9 Å². The number of hydrogen-bond acceptors (Lipinski definition) is 5. The van der Waals surface area contributed by atoms with Crippen molar-refractivity contribution in [1.82, 2.24) is 15.0 Å². The summed E-state index contributed by atoms with van der Waals surface area (Å²) in [5, 5.41) is 5.83. The molecule has 1 aromatic carbocycles. The number of nitrogens with zero attached hydrogens (tertiary/aromatic N) is 3. The average Bonchev–Trinajstić information content (AvgIpc) is 3.20. The highest BCUT2D eigenvalue weighted by molar-refractivity contribution is 7.13. The number of nitrogens with one attached hydrogen (secondary N) is 1. The lowest BCUT2D eigenvalue weighted by Crippen LogP contribution is -2.11. The monoisotopic (exact) mass is 358 g/mol. The van der Waals surface area contributed by atoms with E-state index in [4.69, 9.17) is 0 Å². The molecule has 4 rings (SSSR count). The summed E-state index contributed by atoms with van der Waals surface area (Å²) in [5.74, 6) is -0.168. The van der Waals surface area contributed by atoms with E-state index >= 15 is 0 Å². The molecule has 0 unspecified atom stereocenters. The number of thiazole rings is 1. The molecule has 0 radical (unpaired) electrons. The number of carbonyl (C=O) groups is 1. The van der Waals surface area contributed by atoms with Gasteiger partial charge in [-0.3, -0.25) is 14.8 Å². The van der Waals surface area contributed by atoms with Gasteiger partial charge in [0.15, 0.2) is 0 Å². The van der Waals surface area contributed by atoms with E-state index in [1.165, 1.54) is 0 Å². The molecule has 0 bridgehead atoms. The Balaban J connectivity index is 1.57. The third kappa shape index (κ3) is 3.50. The minimum Gasteiger partial charge on any atom is -0.322 e. The maximum atomic E-state index is 12.3. The van der Waals surface area contributed by atoms with Gasteiger partial charge in [0.2, 0.25) is 0 Å². The molecule has 0 atom stereocenters. The lowest BCUT2D eigenvalue weighted by molar-refractivity contribution is 0.102. The lowest BCUT2D eigenvalue weighted by Gasteiger charge is -2.06. The van der Waals surface area contributed by atoms with E-state index in [1.54, 1.807) is 48.3 Å². The fourth-order valence-corrected chi connectivity index (χ4v) is 3.31. The molecule has 3 heterocycles. The van der Waals surface area contributed by atoms with Crippen LogP contribution in [0.15, 0.2) is 78.7 Å². The van der Waals surface area contributed by atoms with Gasteiger partial charge in [-0.25, -0.2) is 4.98 Å². The highest BCUT2D eigenvalue weighted by Gasteiger charge is 2.09. The number of anilines is 1. The van der Waals surface area contributed by atoms with Crippen molar-refractivity contribution in [1.29, 1.82) is 0 Å². The van der Waals surface area contributed by atoms with Crippen LogP contribution in [-0.2, 0) is 0 Å². The van der Waals surface area contributed by atoms with Crippen LogP contribution >= 0.6 is 11.3 Å². The van der Waals surface area contributed by atoms with E-state index in [0.717, 1.165) is 27.5 Å². The lowest BCUT2D eigenvalue weighted by atomic mass is 10.1. The van der Waals surface area contributed by atoms with Crippen LogP contribution in [0, 0.1) is 0 Å². The quantitative estimate of drug-likeness (QED) is 0.582. The van der Waals surface area contributed by atoms with E-state index in [9.17, 15) is 4.79 Å². The second-order valence-electron chi connectivity index (χ2n) is 5.55. The summed E-state index contributed by atoms with van der Waals surface area (Å²) in [6.45, 7) is 0. The van der Waals surface area contributed by atoms with Crippen LogP contribution in [-0.4, -0.2) is 20.9 Å². The van der Waals surface area contributed by atoms with Crippen molar-refractivity contribution in [2.24, 2.45) is 0 Å². The van der Waals surface area contributed by atoms with E-state index in [1.807, 2.05) is 41.8 Å². The van der Waals surface area contributed by atoms with Crippen LogP contribution in [0.4, 0.5) is 5.69 Å². The fraction of sp³-hybridized carbons (Fsp3) is 0. The molecule has 0 saturated carbocycles. The Kier molecular flexibility index (Phi) is 4.49. The first-order valence-corrected chi connectivity index (χ1v) is 8.85. The topological polar surface area (TPSA) is 67.8 Å². The standard InChI is InChI=1S/C20H14N4OS/c25-19(14-6-9-21-10-7-14)23-17-5-1-3-15(11-17)18-13-26-20(24-18)16-4-2-8-22-12-16/h1-13H,(H,23,25). The van der Waals surface area contributed by atoms with Crippen LogP contribution in [0.5, 0.6) is 0 Å². The van der Waals surface area contributed by atoms with Gasteiger partial charge in [-0.15, -0.1) is 11.3 Å². The molecule has 1 amide bonds. The first-order chi connectivity index (χ1) is 12.8. The van der Waals surface area contributed by atoms with E-state index < -0.39 is 0 Å².